The highest BCUT2D eigenvalue weighted by Crippen LogP contribution is 2.47. The van der Waals surface area contributed by atoms with Crippen molar-refractivity contribution in [1.82, 2.24) is 5.32 Å². The summed E-state index contributed by atoms with van der Waals surface area (Å²) in [5.41, 5.74) is 0. The standard InChI is InChI=1S/C17H26ClNS/c1-2-19-16(17-15(18)9-10-20-17)14-8-7-12-5-3-4-6-13(12)11-14/h9-10,12-14,16,19H,2-8,11H2,1H3. The summed E-state index contributed by atoms with van der Waals surface area (Å²) >= 11 is 8.22. The molecule has 0 radical (unpaired) electrons. The van der Waals surface area contributed by atoms with Crippen molar-refractivity contribution in [2.75, 3.05) is 6.54 Å². The zero-order valence-electron chi connectivity index (χ0n) is 12.4. The Morgan fingerprint density at radius 1 is 1.25 bits per heavy atom. The summed E-state index contributed by atoms with van der Waals surface area (Å²) in [4.78, 5) is 1.37. The molecule has 2 fully saturated rings. The maximum absolute atomic E-state index is 6.40. The maximum atomic E-state index is 6.40. The summed E-state index contributed by atoms with van der Waals surface area (Å²) < 4.78 is 0. The van der Waals surface area contributed by atoms with Gasteiger partial charge in [-0.1, -0.05) is 44.2 Å². The Bertz CT molecular complexity index is 430. The molecule has 2 aliphatic carbocycles. The van der Waals surface area contributed by atoms with Crippen LogP contribution in [-0.2, 0) is 0 Å². The van der Waals surface area contributed by atoms with Crippen LogP contribution < -0.4 is 5.32 Å². The van der Waals surface area contributed by atoms with Crippen molar-refractivity contribution < 1.29 is 0 Å². The van der Waals surface area contributed by atoms with Crippen LogP contribution in [0, 0.1) is 17.8 Å². The summed E-state index contributed by atoms with van der Waals surface area (Å²) in [5, 5.41) is 6.81. The molecule has 0 spiro atoms. The van der Waals surface area contributed by atoms with Gasteiger partial charge in [-0.15, -0.1) is 11.3 Å². The summed E-state index contributed by atoms with van der Waals surface area (Å²) in [6.07, 6.45) is 10.1. The topological polar surface area (TPSA) is 12.0 Å². The minimum Gasteiger partial charge on any atom is -0.309 e. The van der Waals surface area contributed by atoms with E-state index >= 15 is 0 Å². The third-order valence-corrected chi connectivity index (χ3v) is 6.84. The summed E-state index contributed by atoms with van der Waals surface area (Å²) in [7, 11) is 0. The SMILES string of the molecule is CCNC(c1sccc1Cl)C1CCC2CCCCC2C1. The highest BCUT2D eigenvalue weighted by atomic mass is 35.5. The second-order valence-electron chi connectivity index (χ2n) is 6.55. The molecule has 4 unspecified atom stereocenters. The second-order valence-corrected chi connectivity index (χ2v) is 7.90. The van der Waals surface area contributed by atoms with Gasteiger partial charge in [-0.05, 0) is 55.0 Å². The van der Waals surface area contributed by atoms with Gasteiger partial charge >= 0.3 is 0 Å². The molecular weight excluding hydrogens is 286 g/mol. The maximum Gasteiger partial charge on any atom is 0.0561 e. The highest BCUT2D eigenvalue weighted by molar-refractivity contribution is 7.10. The van der Waals surface area contributed by atoms with Crippen LogP contribution in [-0.4, -0.2) is 6.54 Å². The van der Waals surface area contributed by atoms with Gasteiger partial charge in [-0.2, -0.15) is 0 Å². The zero-order chi connectivity index (χ0) is 13.9. The molecule has 4 atom stereocenters. The first-order valence-electron chi connectivity index (χ1n) is 8.25. The van der Waals surface area contributed by atoms with Crippen molar-refractivity contribution >= 4 is 22.9 Å². The fourth-order valence-corrected chi connectivity index (χ4v) is 5.78. The lowest BCUT2D eigenvalue weighted by Crippen LogP contribution is -2.35. The molecule has 2 aliphatic rings. The normalized spacial score (nSPS) is 31.8. The Labute approximate surface area is 132 Å². The van der Waals surface area contributed by atoms with Gasteiger partial charge in [0.2, 0.25) is 0 Å². The van der Waals surface area contributed by atoms with Crippen molar-refractivity contribution in [2.24, 2.45) is 17.8 Å². The first-order chi connectivity index (χ1) is 9.79. The number of rotatable bonds is 4. The average Bonchev–Trinajstić information content (AvgIpc) is 2.90. The summed E-state index contributed by atoms with van der Waals surface area (Å²) in [6.45, 7) is 3.24. The molecule has 3 heteroatoms. The number of hydrogen-bond acceptors (Lipinski definition) is 2. The molecule has 1 aromatic heterocycles. The number of nitrogens with one attached hydrogen (secondary N) is 1. The molecule has 1 nitrogen and oxygen atoms in total. The average molecular weight is 312 g/mol. The largest absolute Gasteiger partial charge is 0.309 e. The van der Waals surface area contributed by atoms with Crippen molar-refractivity contribution in [2.45, 2.75) is 57.9 Å². The molecule has 1 heterocycles. The van der Waals surface area contributed by atoms with Crippen molar-refractivity contribution in [3.8, 4) is 0 Å². The number of fused-ring (bicyclic) bond motifs is 1. The van der Waals surface area contributed by atoms with E-state index in [4.69, 9.17) is 11.6 Å². The first-order valence-corrected chi connectivity index (χ1v) is 9.51. The quantitative estimate of drug-likeness (QED) is 0.756. The summed E-state index contributed by atoms with van der Waals surface area (Å²) in [5.74, 6) is 2.80. The first kappa shape index (κ1) is 14.9. The molecule has 0 aliphatic heterocycles. The molecule has 1 N–H and O–H groups in total. The van der Waals surface area contributed by atoms with Crippen molar-refractivity contribution in [3.05, 3.63) is 21.3 Å². The highest BCUT2D eigenvalue weighted by Gasteiger charge is 2.36. The fourth-order valence-electron chi connectivity index (χ4n) is 4.43. The monoisotopic (exact) mass is 311 g/mol. The molecule has 0 bridgehead atoms. The minimum absolute atomic E-state index is 0.482. The molecule has 112 valence electrons. The van der Waals surface area contributed by atoms with Gasteiger partial charge in [-0.25, -0.2) is 0 Å². The fraction of sp³-hybridized carbons (Fsp3) is 0.765. The van der Waals surface area contributed by atoms with Gasteiger partial charge in [0.15, 0.2) is 0 Å². The van der Waals surface area contributed by atoms with Gasteiger partial charge in [0.1, 0.15) is 0 Å². The van der Waals surface area contributed by atoms with E-state index in [-0.39, 0.29) is 0 Å². The zero-order valence-corrected chi connectivity index (χ0v) is 14.0. The number of halogens is 1. The Hall–Kier alpha value is -0.0500. The van der Waals surface area contributed by atoms with Gasteiger partial charge in [0, 0.05) is 10.9 Å². The third kappa shape index (κ3) is 3.08. The molecule has 1 aromatic rings. The second kappa shape index (κ2) is 6.81. The molecule has 20 heavy (non-hydrogen) atoms. The van der Waals surface area contributed by atoms with E-state index in [1.54, 1.807) is 0 Å². The van der Waals surface area contributed by atoms with Crippen molar-refractivity contribution in [1.29, 1.82) is 0 Å². The summed E-state index contributed by atoms with van der Waals surface area (Å²) in [6, 6.07) is 2.54. The van der Waals surface area contributed by atoms with Crippen LogP contribution in [0.3, 0.4) is 0 Å². The van der Waals surface area contributed by atoms with Gasteiger partial charge in [0.25, 0.3) is 0 Å². The molecular formula is C17H26ClNS. The van der Waals surface area contributed by atoms with Crippen LogP contribution in [0.4, 0.5) is 0 Å². The minimum atomic E-state index is 0.482. The van der Waals surface area contributed by atoms with Crippen LogP contribution in [0.15, 0.2) is 11.4 Å². The van der Waals surface area contributed by atoms with E-state index < -0.39 is 0 Å². The van der Waals surface area contributed by atoms with Crippen LogP contribution in [0.5, 0.6) is 0 Å². The number of hydrogen-bond donors (Lipinski definition) is 1. The van der Waals surface area contributed by atoms with Crippen molar-refractivity contribution in [3.63, 3.8) is 0 Å². The number of thiophene rings is 1. The van der Waals surface area contributed by atoms with Crippen LogP contribution in [0.1, 0.15) is 62.8 Å². The third-order valence-electron chi connectivity index (χ3n) is 5.40. The van der Waals surface area contributed by atoms with E-state index in [0.29, 0.717) is 6.04 Å². The molecule has 2 saturated carbocycles. The van der Waals surface area contributed by atoms with E-state index in [2.05, 4.69) is 23.7 Å². The van der Waals surface area contributed by atoms with Gasteiger partial charge < -0.3 is 5.32 Å². The van der Waals surface area contributed by atoms with E-state index in [1.807, 2.05) is 11.3 Å². The van der Waals surface area contributed by atoms with Crippen LogP contribution >= 0.6 is 22.9 Å². The smallest absolute Gasteiger partial charge is 0.0561 e. The lowest BCUT2D eigenvalue weighted by atomic mass is 9.66. The molecule has 0 aromatic carbocycles. The van der Waals surface area contributed by atoms with Crippen LogP contribution in [0.25, 0.3) is 0 Å². The van der Waals surface area contributed by atoms with Gasteiger partial charge in [0.05, 0.1) is 5.02 Å². The van der Waals surface area contributed by atoms with Crippen LogP contribution in [0.2, 0.25) is 5.02 Å². The lowest BCUT2D eigenvalue weighted by Gasteiger charge is -2.42. The van der Waals surface area contributed by atoms with Gasteiger partial charge in [-0.3, -0.25) is 0 Å². The molecule has 0 saturated heterocycles. The Morgan fingerprint density at radius 2 is 2.05 bits per heavy atom. The van der Waals surface area contributed by atoms with E-state index in [9.17, 15) is 0 Å². The Morgan fingerprint density at radius 3 is 2.75 bits per heavy atom. The predicted molar refractivity (Wildman–Crippen MR) is 88.5 cm³/mol. The van der Waals surface area contributed by atoms with E-state index in [0.717, 1.165) is 29.3 Å². The lowest BCUT2D eigenvalue weighted by molar-refractivity contribution is 0.110. The Balaban J connectivity index is 1.73. The molecule has 3 rings (SSSR count). The predicted octanol–water partition coefficient (Wildman–Crippen LogP) is 5.66. The Kier molecular flexibility index (Phi) is 5.06. The van der Waals surface area contributed by atoms with E-state index in [1.165, 1.54) is 49.8 Å². The molecule has 0 amide bonds.